The average Bonchev–Trinajstić information content (AvgIpc) is 2.73. The number of hydrogen-bond donors (Lipinski definition) is 1. The van der Waals surface area contributed by atoms with Gasteiger partial charge in [-0.1, -0.05) is 16.0 Å². The van der Waals surface area contributed by atoms with E-state index in [0.717, 1.165) is 15.6 Å². The number of nitrogens with zero attached hydrogens (tertiary/aromatic N) is 4. The number of aromatic nitrogens is 4. The fourth-order valence-electron chi connectivity index (χ4n) is 1.27. The summed E-state index contributed by atoms with van der Waals surface area (Å²) in [7, 11) is -3.96. The second-order valence-corrected chi connectivity index (χ2v) is 6.34. The minimum absolute atomic E-state index is 0.105. The molecular formula is C9H11N4O3S2+. The molecule has 9 heteroatoms. The maximum atomic E-state index is 10.6. The molecule has 0 saturated heterocycles. The predicted octanol–water partition coefficient (Wildman–Crippen LogP) is 0.0838. The summed E-state index contributed by atoms with van der Waals surface area (Å²) >= 11 is 1.46. The van der Waals surface area contributed by atoms with Gasteiger partial charge in [0.1, 0.15) is 22.0 Å². The molecule has 2 rings (SSSR count). The Labute approximate surface area is 108 Å². The van der Waals surface area contributed by atoms with Gasteiger partial charge in [0.05, 0.1) is 0 Å². The lowest BCUT2D eigenvalue weighted by Crippen LogP contribution is -2.40. The van der Waals surface area contributed by atoms with E-state index in [1.807, 2.05) is 6.92 Å². The van der Waals surface area contributed by atoms with Crippen molar-refractivity contribution in [1.82, 2.24) is 15.3 Å². The van der Waals surface area contributed by atoms with E-state index >= 15 is 0 Å². The van der Waals surface area contributed by atoms with E-state index < -0.39 is 10.1 Å². The molecule has 2 aromatic heterocycles. The fourth-order valence-corrected chi connectivity index (χ4v) is 2.36. The summed E-state index contributed by atoms with van der Waals surface area (Å²) in [4.78, 5) is 0. The standard InChI is InChI=1S/C9H10N4O3S2/c1-7-11-12-9(17-7)8-2-3-13(10-6-8)4-5-18(14,15)16/h2-3,6H,4-5H2,1H3/p+1. The van der Waals surface area contributed by atoms with E-state index in [4.69, 9.17) is 4.55 Å². The smallest absolute Gasteiger partial charge is 0.271 e. The lowest BCUT2D eigenvalue weighted by atomic mass is 10.3. The lowest BCUT2D eigenvalue weighted by Gasteiger charge is -1.94. The first kappa shape index (κ1) is 13.0. The van der Waals surface area contributed by atoms with Crippen LogP contribution in [0.2, 0.25) is 0 Å². The van der Waals surface area contributed by atoms with Crippen LogP contribution in [0.1, 0.15) is 5.01 Å². The molecule has 96 valence electrons. The Hall–Kier alpha value is -1.45. The molecule has 0 aliphatic rings. The molecule has 0 atom stereocenters. The van der Waals surface area contributed by atoms with Crippen LogP contribution >= 0.6 is 11.3 Å². The molecule has 0 aliphatic carbocycles. The average molecular weight is 287 g/mol. The van der Waals surface area contributed by atoms with E-state index in [1.54, 1.807) is 18.5 Å². The van der Waals surface area contributed by atoms with E-state index in [2.05, 4.69) is 15.3 Å². The Balaban J connectivity index is 2.10. The highest BCUT2D eigenvalue weighted by Crippen LogP contribution is 2.20. The van der Waals surface area contributed by atoms with Crippen LogP contribution in [0.3, 0.4) is 0 Å². The Bertz CT molecular complexity index is 636. The molecule has 2 aromatic rings. The van der Waals surface area contributed by atoms with Gasteiger partial charge >= 0.3 is 0 Å². The highest BCUT2D eigenvalue weighted by atomic mass is 32.2. The molecule has 0 amide bonds. The number of hydrogen-bond acceptors (Lipinski definition) is 6. The second-order valence-electron chi connectivity index (χ2n) is 3.59. The maximum Gasteiger partial charge on any atom is 0.271 e. The molecule has 0 unspecified atom stereocenters. The largest absolute Gasteiger partial charge is 0.285 e. The first-order valence-corrected chi connectivity index (χ1v) is 7.48. The highest BCUT2D eigenvalue weighted by molar-refractivity contribution is 7.85. The van der Waals surface area contributed by atoms with E-state index in [9.17, 15) is 8.42 Å². The summed E-state index contributed by atoms with van der Waals surface area (Å²) in [5.74, 6) is -0.359. The molecule has 18 heavy (non-hydrogen) atoms. The normalized spacial score (nSPS) is 11.7. The molecular weight excluding hydrogens is 276 g/mol. The fraction of sp³-hybridized carbons (Fsp3) is 0.333. The molecule has 1 N–H and O–H groups in total. The van der Waals surface area contributed by atoms with E-state index in [0.29, 0.717) is 0 Å². The van der Waals surface area contributed by atoms with Gasteiger partial charge in [-0.15, -0.1) is 10.2 Å². The van der Waals surface area contributed by atoms with Crippen LogP contribution in [-0.2, 0) is 16.7 Å². The summed E-state index contributed by atoms with van der Waals surface area (Å²) < 4.78 is 31.3. The third kappa shape index (κ3) is 3.52. The predicted molar refractivity (Wildman–Crippen MR) is 64.5 cm³/mol. The van der Waals surface area contributed by atoms with Gasteiger partial charge in [-0.3, -0.25) is 4.55 Å². The lowest BCUT2D eigenvalue weighted by molar-refractivity contribution is -0.750. The van der Waals surface area contributed by atoms with E-state index in [-0.39, 0.29) is 12.3 Å². The van der Waals surface area contributed by atoms with Gasteiger partial charge in [0, 0.05) is 11.6 Å². The Morgan fingerprint density at radius 1 is 1.44 bits per heavy atom. The van der Waals surface area contributed by atoms with Crippen molar-refractivity contribution in [2.24, 2.45) is 0 Å². The van der Waals surface area contributed by atoms with Crippen LogP contribution in [0.25, 0.3) is 10.6 Å². The minimum Gasteiger partial charge on any atom is -0.285 e. The van der Waals surface area contributed by atoms with Crippen molar-refractivity contribution >= 4 is 21.5 Å². The van der Waals surface area contributed by atoms with Crippen LogP contribution < -0.4 is 4.68 Å². The Kier molecular flexibility index (Phi) is 3.64. The van der Waals surface area contributed by atoms with Crippen LogP contribution in [0, 0.1) is 6.92 Å². The van der Waals surface area contributed by atoms with Crippen molar-refractivity contribution in [1.29, 1.82) is 0 Å². The zero-order valence-corrected chi connectivity index (χ0v) is 11.1. The first-order valence-electron chi connectivity index (χ1n) is 5.05. The molecule has 0 fully saturated rings. The minimum atomic E-state index is -3.96. The van der Waals surface area contributed by atoms with Gasteiger partial charge in [-0.2, -0.15) is 8.42 Å². The van der Waals surface area contributed by atoms with Crippen molar-refractivity contribution < 1.29 is 17.7 Å². The molecule has 7 nitrogen and oxygen atoms in total. The van der Waals surface area contributed by atoms with Crippen LogP contribution in [0.4, 0.5) is 0 Å². The summed E-state index contributed by atoms with van der Waals surface area (Å²) in [6.45, 7) is 1.97. The second kappa shape index (κ2) is 5.04. The Morgan fingerprint density at radius 3 is 2.72 bits per heavy atom. The van der Waals surface area contributed by atoms with Crippen molar-refractivity contribution in [2.45, 2.75) is 13.5 Å². The highest BCUT2D eigenvalue weighted by Gasteiger charge is 2.12. The third-order valence-corrected chi connectivity index (χ3v) is 3.71. The monoisotopic (exact) mass is 287 g/mol. The van der Waals surface area contributed by atoms with Crippen molar-refractivity contribution in [2.75, 3.05) is 5.75 Å². The molecule has 0 spiro atoms. The zero-order chi connectivity index (χ0) is 13.2. The van der Waals surface area contributed by atoms with Crippen LogP contribution in [-0.4, -0.2) is 34.0 Å². The van der Waals surface area contributed by atoms with Crippen molar-refractivity contribution in [3.63, 3.8) is 0 Å². The maximum absolute atomic E-state index is 10.6. The molecule has 0 radical (unpaired) electrons. The topological polar surface area (TPSA) is 96.9 Å². The molecule has 0 aliphatic heterocycles. The van der Waals surface area contributed by atoms with Gasteiger partial charge < -0.3 is 0 Å². The van der Waals surface area contributed by atoms with Gasteiger partial charge in [-0.25, -0.2) is 0 Å². The SMILES string of the molecule is Cc1nnc(-c2cc[n+](CCS(=O)(=O)O)nc2)s1. The molecule has 0 saturated carbocycles. The Morgan fingerprint density at radius 2 is 2.22 bits per heavy atom. The summed E-state index contributed by atoms with van der Waals surface area (Å²) in [6.07, 6.45) is 3.22. The van der Waals surface area contributed by atoms with Crippen molar-refractivity contribution in [3.05, 3.63) is 23.5 Å². The summed E-state index contributed by atoms with van der Waals surface area (Å²) in [5, 5.41) is 13.6. The zero-order valence-electron chi connectivity index (χ0n) is 9.52. The van der Waals surface area contributed by atoms with Gasteiger partial charge in [0.25, 0.3) is 10.1 Å². The summed E-state index contributed by atoms with van der Waals surface area (Å²) in [5.41, 5.74) is 0.823. The molecule has 0 aromatic carbocycles. The van der Waals surface area contributed by atoms with E-state index in [1.165, 1.54) is 16.0 Å². The summed E-state index contributed by atoms with van der Waals surface area (Å²) in [6, 6.07) is 1.77. The number of aryl methyl sites for hydroxylation is 2. The quantitative estimate of drug-likeness (QED) is 0.632. The van der Waals surface area contributed by atoms with Gasteiger partial charge in [0.2, 0.25) is 0 Å². The van der Waals surface area contributed by atoms with Gasteiger partial charge in [0.15, 0.2) is 12.7 Å². The van der Waals surface area contributed by atoms with Crippen LogP contribution in [0.15, 0.2) is 18.5 Å². The van der Waals surface area contributed by atoms with Gasteiger partial charge in [-0.05, 0) is 12.0 Å². The van der Waals surface area contributed by atoms with Crippen LogP contribution in [0.5, 0.6) is 0 Å². The number of rotatable bonds is 4. The first-order chi connectivity index (χ1) is 8.44. The third-order valence-electron chi connectivity index (χ3n) is 2.12. The van der Waals surface area contributed by atoms with Crippen molar-refractivity contribution in [3.8, 4) is 10.6 Å². The molecule has 0 bridgehead atoms. The molecule has 2 heterocycles.